The second-order valence-electron chi connectivity index (χ2n) is 1.87. The van der Waals surface area contributed by atoms with Crippen LogP contribution in [0.4, 0.5) is 0 Å². The fourth-order valence-electron chi connectivity index (χ4n) is 0.505. The first kappa shape index (κ1) is 7.03. The third kappa shape index (κ3) is 1.25. The van der Waals surface area contributed by atoms with E-state index in [1.165, 1.54) is 0 Å². The molecule has 1 heterocycles. The van der Waals surface area contributed by atoms with Crippen LogP contribution in [0.5, 0.6) is 0 Å². The van der Waals surface area contributed by atoms with Gasteiger partial charge in [-0.3, -0.25) is 0 Å². The molecule has 0 aromatic rings. The van der Waals surface area contributed by atoms with E-state index in [1.54, 1.807) is 19.2 Å². The van der Waals surface area contributed by atoms with Gasteiger partial charge in [-0.05, 0) is 13.0 Å². The fraction of sp³-hybridized carbons (Fsp3) is 0.600. The minimum Gasteiger partial charge on any atom is -0.162 e. The maximum Gasteiger partial charge on any atom is 0.190 e. The van der Waals surface area contributed by atoms with Crippen LogP contribution in [0.2, 0.25) is 0 Å². The van der Waals surface area contributed by atoms with Crippen LogP contribution in [0.1, 0.15) is 6.92 Å². The van der Waals surface area contributed by atoms with E-state index in [-0.39, 0.29) is 5.38 Å². The summed E-state index contributed by atoms with van der Waals surface area (Å²) in [6.45, 7) is 1.78. The van der Waals surface area contributed by atoms with Gasteiger partial charge in [-0.1, -0.05) is 11.6 Å². The number of halogens is 2. The lowest BCUT2D eigenvalue weighted by Crippen LogP contribution is -2.23. The molecule has 50 valence electrons. The zero-order valence-corrected chi connectivity index (χ0v) is 6.39. The third-order valence-electron chi connectivity index (χ3n) is 1.14. The van der Waals surface area contributed by atoms with E-state index in [0.717, 1.165) is 0 Å². The van der Waals surface area contributed by atoms with E-state index >= 15 is 0 Å². The Morgan fingerprint density at radius 3 is 2.56 bits per heavy atom. The summed E-state index contributed by atoms with van der Waals surface area (Å²) in [6, 6.07) is 0. The standard InChI is InChI=1S/C5H6Cl2N2/c1-4(6)5(7)2-3-8-9-5/h2-4H,1H3. The normalized spacial score (nSPS) is 35.4. The van der Waals surface area contributed by atoms with Crippen molar-refractivity contribution in [2.45, 2.75) is 17.3 Å². The molecule has 0 saturated carbocycles. The summed E-state index contributed by atoms with van der Waals surface area (Å²) in [7, 11) is 0. The molecule has 1 aliphatic heterocycles. The second kappa shape index (κ2) is 2.27. The highest BCUT2D eigenvalue weighted by Gasteiger charge is 2.31. The van der Waals surface area contributed by atoms with Gasteiger partial charge in [0.1, 0.15) is 0 Å². The van der Waals surface area contributed by atoms with Crippen molar-refractivity contribution in [2.75, 3.05) is 0 Å². The van der Waals surface area contributed by atoms with Crippen LogP contribution >= 0.6 is 23.2 Å². The van der Waals surface area contributed by atoms with Crippen molar-refractivity contribution < 1.29 is 0 Å². The maximum atomic E-state index is 5.83. The lowest BCUT2D eigenvalue weighted by Gasteiger charge is -2.15. The summed E-state index contributed by atoms with van der Waals surface area (Å²) in [5.41, 5.74) is 0. The number of hydrogen-bond donors (Lipinski definition) is 0. The van der Waals surface area contributed by atoms with E-state index in [9.17, 15) is 0 Å². The lowest BCUT2D eigenvalue weighted by atomic mass is 10.2. The Morgan fingerprint density at radius 1 is 1.67 bits per heavy atom. The van der Waals surface area contributed by atoms with Crippen LogP contribution in [0.15, 0.2) is 22.5 Å². The summed E-state index contributed by atoms with van der Waals surface area (Å²) in [5, 5.41) is 7.08. The second-order valence-corrected chi connectivity index (χ2v) is 3.13. The molecule has 1 aliphatic rings. The Hall–Kier alpha value is -0.0800. The monoisotopic (exact) mass is 164 g/mol. The molecule has 0 fully saturated rings. The Kier molecular flexibility index (Phi) is 1.78. The topological polar surface area (TPSA) is 24.7 Å². The highest BCUT2D eigenvalue weighted by Crippen LogP contribution is 2.31. The molecule has 0 bridgehead atoms. The van der Waals surface area contributed by atoms with Crippen molar-refractivity contribution in [2.24, 2.45) is 10.2 Å². The molecule has 2 unspecified atom stereocenters. The quantitative estimate of drug-likeness (QED) is 0.421. The zero-order valence-electron chi connectivity index (χ0n) is 4.88. The van der Waals surface area contributed by atoms with Gasteiger partial charge < -0.3 is 0 Å². The molecule has 2 nitrogen and oxygen atoms in total. The van der Waals surface area contributed by atoms with E-state index in [1.807, 2.05) is 0 Å². The van der Waals surface area contributed by atoms with Crippen molar-refractivity contribution in [3.05, 3.63) is 12.3 Å². The molecule has 0 saturated heterocycles. The molecule has 0 aliphatic carbocycles. The first-order valence-corrected chi connectivity index (χ1v) is 3.39. The minimum absolute atomic E-state index is 0.221. The summed E-state index contributed by atoms with van der Waals surface area (Å²) in [4.78, 5) is -0.790. The first-order chi connectivity index (χ1) is 4.15. The molecule has 0 amide bonds. The van der Waals surface area contributed by atoms with Gasteiger partial charge in [0.25, 0.3) is 0 Å². The molecule has 0 aromatic carbocycles. The van der Waals surface area contributed by atoms with E-state index in [4.69, 9.17) is 23.2 Å². The van der Waals surface area contributed by atoms with Gasteiger partial charge in [-0.2, -0.15) is 10.2 Å². The van der Waals surface area contributed by atoms with Crippen molar-refractivity contribution in [1.82, 2.24) is 0 Å². The highest BCUT2D eigenvalue weighted by atomic mass is 35.5. The first-order valence-electron chi connectivity index (χ1n) is 2.58. The van der Waals surface area contributed by atoms with Gasteiger partial charge in [0.15, 0.2) is 5.00 Å². The van der Waals surface area contributed by atoms with Crippen LogP contribution in [-0.2, 0) is 0 Å². The van der Waals surface area contributed by atoms with Crippen molar-refractivity contribution in [3.63, 3.8) is 0 Å². The average Bonchev–Trinajstić information content (AvgIpc) is 2.16. The van der Waals surface area contributed by atoms with E-state index in [0.29, 0.717) is 0 Å². The van der Waals surface area contributed by atoms with Gasteiger partial charge in [0.05, 0.1) is 5.38 Å². The Morgan fingerprint density at radius 2 is 2.33 bits per heavy atom. The number of alkyl halides is 2. The van der Waals surface area contributed by atoms with Crippen molar-refractivity contribution in [3.8, 4) is 0 Å². The molecule has 4 heteroatoms. The highest BCUT2D eigenvalue weighted by molar-refractivity contribution is 6.33. The molecule has 9 heavy (non-hydrogen) atoms. The molecule has 0 spiro atoms. The molecule has 0 aromatic heterocycles. The minimum atomic E-state index is -0.790. The van der Waals surface area contributed by atoms with Crippen molar-refractivity contribution >= 4 is 23.2 Å². The lowest BCUT2D eigenvalue weighted by molar-refractivity contribution is 0.703. The van der Waals surface area contributed by atoms with Crippen LogP contribution in [0.25, 0.3) is 0 Å². The zero-order chi connectivity index (χ0) is 6.91. The fourth-order valence-corrected chi connectivity index (χ4v) is 0.722. The molecular weight excluding hydrogens is 159 g/mol. The predicted octanol–water partition coefficient (Wildman–Crippen LogP) is 2.53. The molecular formula is C5H6Cl2N2. The SMILES string of the molecule is CC(Cl)C1(Cl)C=CN=N1. The van der Waals surface area contributed by atoms with Gasteiger partial charge in [0, 0.05) is 6.20 Å². The van der Waals surface area contributed by atoms with Crippen LogP contribution in [0, 0.1) is 0 Å². The molecule has 0 N–H and O–H groups in total. The molecule has 0 radical (unpaired) electrons. The van der Waals surface area contributed by atoms with Crippen LogP contribution < -0.4 is 0 Å². The largest absolute Gasteiger partial charge is 0.190 e. The Labute approximate surface area is 63.6 Å². The van der Waals surface area contributed by atoms with Crippen LogP contribution in [-0.4, -0.2) is 10.4 Å². The van der Waals surface area contributed by atoms with Gasteiger partial charge in [-0.25, -0.2) is 0 Å². The summed E-state index contributed by atoms with van der Waals surface area (Å²) in [6.07, 6.45) is 3.22. The molecule has 1 rings (SSSR count). The van der Waals surface area contributed by atoms with Gasteiger partial charge >= 0.3 is 0 Å². The van der Waals surface area contributed by atoms with E-state index in [2.05, 4.69) is 10.2 Å². The summed E-state index contributed by atoms with van der Waals surface area (Å²) < 4.78 is 0. The Bertz CT molecular complexity index is 150. The summed E-state index contributed by atoms with van der Waals surface area (Å²) in [5.74, 6) is 0. The number of hydrogen-bond acceptors (Lipinski definition) is 2. The Balaban J connectivity index is 2.75. The number of azo groups is 1. The predicted molar refractivity (Wildman–Crippen MR) is 37.9 cm³/mol. The number of rotatable bonds is 1. The van der Waals surface area contributed by atoms with Crippen molar-refractivity contribution in [1.29, 1.82) is 0 Å². The van der Waals surface area contributed by atoms with Gasteiger partial charge in [-0.15, -0.1) is 11.6 Å². The van der Waals surface area contributed by atoms with E-state index < -0.39 is 5.00 Å². The van der Waals surface area contributed by atoms with Gasteiger partial charge in [0.2, 0.25) is 0 Å². The smallest absolute Gasteiger partial charge is 0.162 e. The average molecular weight is 165 g/mol. The number of nitrogens with zero attached hydrogens (tertiary/aromatic N) is 2. The maximum absolute atomic E-state index is 5.83. The summed E-state index contributed by atoms with van der Waals surface area (Å²) >= 11 is 11.5. The third-order valence-corrected chi connectivity index (χ3v) is 2.12. The van der Waals surface area contributed by atoms with Crippen LogP contribution in [0.3, 0.4) is 0 Å². The molecule has 2 atom stereocenters.